The van der Waals surface area contributed by atoms with Crippen LogP contribution in [0.1, 0.15) is 20.8 Å². The highest BCUT2D eigenvalue weighted by atomic mass is 16.3. The molecular weight excluding hydrogens is 100 g/mol. The summed E-state index contributed by atoms with van der Waals surface area (Å²) in [6.07, 6.45) is 3.77. The molecule has 1 N–H and O–H groups in total. The molecule has 0 atom stereocenters. The molecule has 8 heavy (non-hydrogen) atoms. The average Bonchev–Trinajstić information content (AvgIpc) is 1.67. The molecule has 1 heteroatoms. The van der Waals surface area contributed by atoms with E-state index in [1.807, 2.05) is 26.0 Å². The quantitative estimate of drug-likeness (QED) is 0.408. The van der Waals surface area contributed by atoms with Crippen LogP contribution < -0.4 is 0 Å². The lowest BCUT2D eigenvalue weighted by Gasteiger charge is -1.90. The number of aliphatic hydroxyl groups excluding tert-OH is 1. The summed E-state index contributed by atoms with van der Waals surface area (Å²) >= 11 is 0. The Morgan fingerprint density at radius 1 is 1.38 bits per heavy atom. The molecule has 0 aliphatic carbocycles. The smallest absolute Gasteiger partial charge is 0.0920 e. The number of hydrogen-bond donors (Lipinski definition) is 1. The summed E-state index contributed by atoms with van der Waals surface area (Å²) in [5, 5.41) is 8.78. The van der Waals surface area contributed by atoms with Gasteiger partial charge in [-0.3, -0.25) is 0 Å². The first-order valence-corrected chi connectivity index (χ1v) is 2.67. The van der Waals surface area contributed by atoms with Gasteiger partial charge in [-0.2, -0.15) is 0 Å². The van der Waals surface area contributed by atoms with Crippen molar-refractivity contribution in [3.05, 3.63) is 23.5 Å². The lowest BCUT2D eigenvalue weighted by atomic mass is 10.2. The van der Waals surface area contributed by atoms with Crippen molar-refractivity contribution in [2.75, 3.05) is 0 Å². The van der Waals surface area contributed by atoms with E-state index in [1.54, 1.807) is 6.92 Å². The van der Waals surface area contributed by atoms with Gasteiger partial charge in [0.05, 0.1) is 5.76 Å². The van der Waals surface area contributed by atoms with Crippen LogP contribution in [0.3, 0.4) is 0 Å². The minimum atomic E-state index is 0.392. The third-order valence-corrected chi connectivity index (χ3v) is 0.987. The zero-order valence-corrected chi connectivity index (χ0v) is 5.60. The molecule has 0 heterocycles. The summed E-state index contributed by atoms with van der Waals surface area (Å²) in [6.45, 7) is 5.47. The Balaban J connectivity index is 4.00. The zero-order valence-electron chi connectivity index (χ0n) is 5.60. The molecule has 0 bridgehead atoms. The fourth-order valence-corrected chi connectivity index (χ4v) is 0.371. The van der Waals surface area contributed by atoms with Gasteiger partial charge >= 0.3 is 0 Å². The summed E-state index contributed by atoms with van der Waals surface area (Å²) in [7, 11) is 0. The fraction of sp³-hybridized carbons (Fsp3) is 0.429. The lowest BCUT2D eigenvalue weighted by Crippen LogP contribution is -1.75. The molecule has 0 fully saturated rings. The summed E-state index contributed by atoms with van der Waals surface area (Å²) in [4.78, 5) is 0. The van der Waals surface area contributed by atoms with Gasteiger partial charge in [-0.15, -0.1) is 0 Å². The van der Waals surface area contributed by atoms with Crippen LogP contribution in [0.25, 0.3) is 0 Å². The van der Waals surface area contributed by atoms with Crippen LogP contribution in [0.5, 0.6) is 0 Å². The number of hydrogen-bond acceptors (Lipinski definition) is 1. The number of allylic oxidation sites excluding steroid dienone is 4. The minimum absolute atomic E-state index is 0.392. The largest absolute Gasteiger partial charge is 0.512 e. The van der Waals surface area contributed by atoms with Crippen molar-refractivity contribution in [3.8, 4) is 0 Å². The van der Waals surface area contributed by atoms with Gasteiger partial charge in [0, 0.05) is 0 Å². The molecule has 0 aromatic carbocycles. The van der Waals surface area contributed by atoms with Crippen molar-refractivity contribution in [2.45, 2.75) is 20.8 Å². The van der Waals surface area contributed by atoms with E-state index in [-0.39, 0.29) is 0 Å². The first-order chi connectivity index (χ1) is 3.68. The van der Waals surface area contributed by atoms with Crippen LogP contribution >= 0.6 is 0 Å². The van der Waals surface area contributed by atoms with Crippen molar-refractivity contribution in [3.63, 3.8) is 0 Å². The van der Waals surface area contributed by atoms with Crippen molar-refractivity contribution in [1.29, 1.82) is 0 Å². The Kier molecular flexibility index (Phi) is 3.01. The maximum atomic E-state index is 8.78. The SMILES string of the molecule is C/C=C/C(C)=C(/C)O. The molecule has 0 saturated heterocycles. The van der Waals surface area contributed by atoms with Gasteiger partial charge in [-0.05, 0) is 26.3 Å². The molecule has 0 spiro atoms. The van der Waals surface area contributed by atoms with Crippen molar-refractivity contribution in [2.24, 2.45) is 0 Å². The zero-order chi connectivity index (χ0) is 6.57. The van der Waals surface area contributed by atoms with E-state index >= 15 is 0 Å². The Morgan fingerprint density at radius 3 is 2.00 bits per heavy atom. The summed E-state index contributed by atoms with van der Waals surface area (Å²) in [5.74, 6) is 0.392. The molecule has 0 aliphatic heterocycles. The van der Waals surface area contributed by atoms with Gasteiger partial charge in [0.2, 0.25) is 0 Å². The van der Waals surface area contributed by atoms with Gasteiger partial charge in [-0.25, -0.2) is 0 Å². The molecule has 1 nitrogen and oxygen atoms in total. The summed E-state index contributed by atoms with van der Waals surface area (Å²) in [6, 6.07) is 0. The molecule has 0 radical (unpaired) electrons. The van der Waals surface area contributed by atoms with Crippen LogP contribution in [0.4, 0.5) is 0 Å². The predicted octanol–water partition coefficient (Wildman–Crippen LogP) is 2.41. The van der Waals surface area contributed by atoms with Gasteiger partial charge < -0.3 is 5.11 Å². The van der Waals surface area contributed by atoms with Crippen molar-refractivity contribution in [1.82, 2.24) is 0 Å². The highest BCUT2D eigenvalue weighted by Gasteiger charge is 1.83. The average molecular weight is 112 g/mol. The molecule has 0 saturated carbocycles. The third kappa shape index (κ3) is 2.45. The van der Waals surface area contributed by atoms with E-state index in [0.717, 1.165) is 5.57 Å². The monoisotopic (exact) mass is 112 g/mol. The van der Waals surface area contributed by atoms with Gasteiger partial charge in [0.1, 0.15) is 0 Å². The molecular formula is C7H12O. The maximum absolute atomic E-state index is 8.78. The van der Waals surface area contributed by atoms with Crippen molar-refractivity contribution >= 4 is 0 Å². The van der Waals surface area contributed by atoms with E-state index in [4.69, 9.17) is 5.11 Å². The second-order valence-corrected chi connectivity index (χ2v) is 1.77. The Labute approximate surface area is 50.3 Å². The highest BCUT2D eigenvalue weighted by molar-refractivity contribution is 5.17. The van der Waals surface area contributed by atoms with Crippen molar-refractivity contribution < 1.29 is 5.11 Å². The topological polar surface area (TPSA) is 20.2 Å². The summed E-state index contributed by atoms with van der Waals surface area (Å²) < 4.78 is 0. The normalized spacial score (nSPS) is 14.4. The molecule has 0 aliphatic rings. The first kappa shape index (κ1) is 7.28. The van der Waals surface area contributed by atoms with E-state index in [9.17, 15) is 0 Å². The molecule has 0 amide bonds. The molecule has 0 aromatic rings. The molecule has 0 aromatic heterocycles. The van der Waals surface area contributed by atoms with E-state index in [0.29, 0.717) is 5.76 Å². The lowest BCUT2D eigenvalue weighted by molar-refractivity contribution is 0.409. The standard InChI is InChI=1S/C7H12O/c1-4-5-6(2)7(3)8/h4-5,8H,1-3H3/b5-4+,7-6-. The summed E-state index contributed by atoms with van der Waals surface area (Å²) in [5.41, 5.74) is 0.924. The second kappa shape index (κ2) is 3.30. The fourth-order valence-electron chi connectivity index (χ4n) is 0.371. The van der Waals surface area contributed by atoms with Gasteiger partial charge in [0.25, 0.3) is 0 Å². The maximum Gasteiger partial charge on any atom is 0.0920 e. The highest BCUT2D eigenvalue weighted by Crippen LogP contribution is 1.99. The second-order valence-electron chi connectivity index (χ2n) is 1.77. The Hall–Kier alpha value is -0.720. The predicted molar refractivity (Wildman–Crippen MR) is 35.8 cm³/mol. The Morgan fingerprint density at radius 2 is 1.88 bits per heavy atom. The molecule has 46 valence electrons. The third-order valence-electron chi connectivity index (χ3n) is 0.987. The van der Waals surface area contributed by atoms with Crippen LogP contribution in [0, 0.1) is 0 Å². The van der Waals surface area contributed by atoms with Crippen LogP contribution in [0.2, 0.25) is 0 Å². The number of aliphatic hydroxyl groups is 1. The molecule has 0 rings (SSSR count). The van der Waals surface area contributed by atoms with Gasteiger partial charge in [0.15, 0.2) is 0 Å². The van der Waals surface area contributed by atoms with Crippen LogP contribution in [0.15, 0.2) is 23.5 Å². The molecule has 0 unspecified atom stereocenters. The van der Waals surface area contributed by atoms with E-state index < -0.39 is 0 Å². The minimum Gasteiger partial charge on any atom is -0.512 e. The van der Waals surface area contributed by atoms with Gasteiger partial charge in [-0.1, -0.05) is 12.2 Å². The Bertz CT molecular complexity index is 116. The van der Waals surface area contributed by atoms with E-state index in [2.05, 4.69) is 0 Å². The number of rotatable bonds is 1. The van der Waals surface area contributed by atoms with E-state index in [1.165, 1.54) is 0 Å². The van der Waals surface area contributed by atoms with Crippen LogP contribution in [-0.4, -0.2) is 5.11 Å². The van der Waals surface area contributed by atoms with Crippen LogP contribution in [-0.2, 0) is 0 Å². The first-order valence-electron chi connectivity index (χ1n) is 2.67.